The highest BCUT2D eigenvalue weighted by molar-refractivity contribution is 4.43. The first-order valence-corrected chi connectivity index (χ1v) is 4.86. The van der Waals surface area contributed by atoms with Crippen molar-refractivity contribution >= 4 is 0 Å². The predicted molar refractivity (Wildman–Crippen MR) is 48.4 cm³/mol. The summed E-state index contributed by atoms with van der Waals surface area (Å²) in [5, 5.41) is 10.2. The summed E-state index contributed by atoms with van der Waals surface area (Å²) in [6.45, 7) is -1.10. The Labute approximate surface area is 88.1 Å². The number of ether oxygens (including phenoxy) is 3. The van der Waals surface area contributed by atoms with E-state index in [0.717, 1.165) is 0 Å². The van der Waals surface area contributed by atoms with Gasteiger partial charge < -0.3 is 14.2 Å². The monoisotopic (exact) mass is 227 g/mol. The molecule has 1 atom stereocenters. The summed E-state index contributed by atoms with van der Waals surface area (Å²) in [4.78, 5) is 0. The number of halogens is 2. The molecular weight excluding hydrogens is 210 g/mol. The standard InChI is InChI=1S/C9H17F2O4/c10-3-7-13-5-1-6-14-9(2-4-12)15-8-11/h9H,1-8H2. The van der Waals surface area contributed by atoms with Crippen LogP contribution in [0, 0.1) is 0 Å². The van der Waals surface area contributed by atoms with Crippen LogP contribution in [0.1, 0.15) is 12.8 Å². The van der Waals surface area contributed by atoms with Crippen LogP contribution in [0.25, 0.3) is 0 Å². The van der Waals surface area contributed by atoms with E-state index >= 15 is 0 Å². The Morgan fingerprint density at radius 1 is 1.07 bits per heavy atom. The second-order valence-corrected chi connectivity index (χ2v) is 2.72. The first-order valence-electron chi connectivity index (χ1n) is 4.86. The zero-order chi connectivity index (χ0) is 11.4. The average molecular weight is 227 g/mol. The van der Waals surface area contributed by atoms with Gasteiger partial charge in [0.1, 0.15) is 6.67 Å². The smallest absolute Gasteiger partial charge is 0.191 e. The number of hydrogen-bond acceptors (Lipinski definition) is 3. The van der Waals surface area contributed by atoms with Gasteiger partial charge in [0.25, 0.3) is 0 Å². The van der Waals surface area contributed by atoms with Gasteiger partial charge in [-0.05, 0) is 6.42 Å². The predicted octanol–water partition coefficient (Wildman–Crippen LogP) is 1.47. The second-order valence-electron chi connectivity index (χ2n) is 2.72. The number of hydrogen-bond donors (Lipinski definition) is 0. The molecule has 4 nitrogen and oxygen atoms in total. The first kappa shape index (κ1) is 14.7. The van der Waals surface area contributed by atoms with Crippen molar-refractivity contribution in [3.8, 4) is 0 Å². The molecule has 0 saturated carbocycles. The summed E-state index contributed by atoms with van der Waals surface area (Å²) in [5.41, 5.74) is 0. The van der Waals surface area contributed by atoms with Crippen LogP contribution < -0.4 is 0 Å². The molecule has 0 amide bonds. The van der Waals surface area contributed by atoms with E-state index in [9.17, 15) is 13.9 Å². The van der Waals surface area contributed by atoms with Crippen LogP contribution in [-0.4, -0.2) is 46.3 Å². The summed E-state index contributed by atoms with van der Waals surface area (Å²) in [6.07, 6.45) is -0.103. The van der Waals surface area contributed by atoms with Gasteiger partial charge in [-0.1, -0.05) is 0 Å². The van der Waals surface area contributed by atoms with Gasteiger partial charge in [-0.3, -0.25) is 0 Å². The number of alkyl halides is 2. The minimum Gasteiger partial charge on any atom is -0.379 e. The third-order valence-corrected chi connectivity index (χ3v) is 1.56. The largest absolute Gasteiger partial charge is 0.379 e. The van der Waals surface area contributed by atoms with E-state index in [1.165, 1.54) is 0 Å². The first-order chi connectivity index (χ1) is 7.35. The van der Waals surface area contributed by atoms with Crippen molar-refractivity contribution in [1.29, 1.82) is 0 Å². The SMILES string of the molecule is [O]CCC(OCF)OCCCOCCF. The molecule has 0 aromatic heterocycles. The van der Waals surface area contributed by atoms with Gasteiger partial charge in [-0.25, -0.2) is 13.9 Å². The van der Waals surface area contributed by atoms with Crippen molar-refractivity contribution in [2.45, 2.75) is 19.1 Å². The van der Waals surface area contributed by atoms with E-state index in [2.05, 4.69) is 4.74 Å². The molecule has 0 aromatic carbocycles. The maximum absolute atomic E-state index is 11.8. The Balaban J connectivity index is 3.28. The van der Waals surface area contributed by atoms with Gasteiger partial charge in [-0.15, -0.1) is 0 Å². The second kappa shape index (κ2) is 11.8. The minimum atomic E-state index is -0.969. The summed E-state index contributed by atoms with van der Waals surface area (Å²) < 4.78 is 37.8. The van der Waals surface area contributed by atoms with Gasteiger partial charge in [0.05, 0.1) is 19.8 Å². The molecule has 0 N–H and O–H groups in total. The van der Waals surface area contributed by atoms with Crippen molar-refractivity contribution in [2.75, 3.05) is 40.0 Å². The lowest BCUT2D eigenvalue weighted by Gasteiger charge is -2.15. The molecule has 0 aliphatic rings. The van der Waals surface area contributed by atoms with Crippen molar-refractivity contribution in [3.05, 3.63) is 0 Å². The molecule has 6 heteroatoms. The fraction of sp³-hybridized carbons (Fsp3) is 1.00. The third-order valence-electron chi connectivity index (χ3n) is 1.56. The molecule has 0 saturated heterocycles. The Kier molecular flexibility index (Phi) is 11.5. The molecule has 0 spiro atoms. The van der Waals surface area contributed by atoms with Crippen LogP contribution in [0.15, 0.2) is 0 Å². The lowest BCUT2D eigenvalue weighted by molar-refractivity contribution is -0.174. The molecule has 15 heavy (non-hydrogen) atoms. The van der Waals surface area contributed by atoms with Crippen molar-refractivity contribution in [1.82, 2.24) is 0 Å². The Morgan fingerprint density at radius 2 is 1.87 bits per heavy atom. The molecule has 0 aromatic rings. The van der Waals surface area contributed by atoms with Gasteiger partial charge in [0.2, 0.25) is 0 Å². The highest BCUT2D eigenvalue weighted by atomic mass is 19.1. The fourth-order valence-electron chi connectivity index (χ4n) is 0.914. The zero-order valence-corrected chi connectivity index (χ0v) is 8.62. The Morgan fingerprint density at radius 3 is 2.47 bits per heavy atom. The summed E-state index contributed by atoms with van der Waals surface area (Å²) in [5.74, 6) is 0. The highest BCUT2D eigenvalue weighted by Crippen LogP contribution is 2.01. The maximum atomic E-state index is 11.8. The molecule has 0 bridgehead atoms. The van der Waals surface area contributed by atoms with E-state index in [-0.39, 0.29) is 19.6 Å². The topological polar surface area (TPSA) is 47.6 Å². The molecule has 91 valence electrons. The molecule has 0 rings (SSSR count). The van der Waals surface area contributed by atoms with Crippen LogP contribution >= 0.6 is 0 Å². The van der Waals surface area contributed by atoms with Crippen LogP contribution in [0.5, 0.6) is 0 Å². The van der Waals surface area contributed by atoms with Gasteiger partial charge >= 0.3 is 0 Å². The molecule has 1 radical (unpaired) electrons. The molecule has 0 heterocycles. The van der Waals surface area contributed by atoms with Crippen molar-refractivity contribution in [3.63, 3.8) is 0 Å². The Bertz CT molecular complexity index is 121. The number of rotatable bonds is 11. The molecular formula is C9H17F2O4. The molecule has 0 fully saturated rings. The fourth-order valence-corrected chi connectivity index (χ4v) is 0.914. The van der Waals surface area contributed by atoms with Gasteiger partial charge in [0, 0.05) is 13.0 Å². The van der Waals surface area contributed by atoms with E-state index in [4.69, 9.17) is 9.47 Å². The maximum Gasteiger partial charge on any atom is 0.191 e. The van der Waals surface area contributed by atoms with Crippen LogP contribution in [0.2, 0.25) is 0 Å². The molecule has 0 aliphatic carbocycles. The van der Waals surface area contributed by atoms with E-state index < -0.39 is 19.8 Å². The zero-order valence-electron chi connectivity index (χ0n) is 8.62. The van der Waals surface area contributed by atoms with Gasteiger partial charge in [-0.2, -0.15) is 0 Å². The summed E-state index contributed by atoms with van der Waals surface area (Å²) >= 11 is 0. The van der Waals surface area contributed by atoms with E-state index in [1.807, 2.05) is 0 Å². The lowest BCUT2D eigenvalue weighted by Crippen LogP contribution is -2.19. The normalized spacial score (nSPS) is 13.0. The van der Waals surface area contributed by atoms with Crippen LogP contribution in [-0.2, 0) is 19.3 Å². The Hall–Kier alpha value is -0.300. The highest BCUT2D eigenvalue weighted by Gasteiger charge is 2.08. The molecule has 0 aliphatic heterocycles. The molecule has 1 unspecified atom stereocenters. The summed E-state index contributed by atoms with van der Waals surface area (Å²) in [7, 11) is 0. The van der Waals surface area contributed by atoms with Crippen molar-refractivity contribution < 1.29 is 28.1 Å². The lowest BCUT2D eigenvalue weighted by atomic mass is 10.4. The van der Waals surface area contributed by atoms with E-state index in [0.29, 0.717) is 19.6 Å². The van der Waals surface area contributed by atoms with Crippen LogP contribution in [0.4, 0.5) is 8.78 Å². The third kappa shape index (κ3) is 9.99. The summed E-state index contributed by atoms with van der Waals surface area (Å²) in [6, 6.07) is 0. The quantitative estimate of drug-likeness (QED) is 0.396. The van der Waals surface area contributed by atoms with Crippen LogP contribution in [0.3, 0.4) is 0 Å². The van der Waals surface area contributed by atoms with Gasteiger partial charge in [0.15, 0.2) is 13.2 Å². The van der Waals surface area contributed by atoms with E-state index in [1.54, 1.807) is 0 Å². The van der Waals surface area contributed by atoms with Crippen molar-refractivity contribution in [2.24, 2.45) is 0 Å². The average Bonchev–Trinajstić information content (AvgIpc) is 2.24. The minimum absolute atomic E-state index is 0.0744.